The molecule has 0 heterocycles. The van der Waals surface area contributed by atoms with Gasteiger partial charge in [-0.25, -0.2) is 8.78 Å². The molecule has 1 amide bonds. The van der Waals surface area contributed by atoms with Crippen LogP contribution in [0.5, 0.6) is 0 Å². The van der Waals surface area contributed by atoms with E-state index in [-0.39, 0.29) is 33.3 Å². The Hall–Kier alpha value is -2.59. The summed E-state index contributed by atoms with van der Waals surface area (Å²) in [7, 11) is 0. The summed E-state index contributed by atoms with van der Waals surface area (Å²) in [6, 6.07) is 8.78. The summed E-state index contributed by atoms with van der Waals surface area (Å²) < 4.78 is 65.6. The van der Waals surface area contributed by atoms with Crippen LogP contribution in [0, 0.1) is 17.6 Å². The molecule has 4 nitrogen and oxygen atoms in total. The van der Waals surface area contributed by atoms with Gasteiger partial charge in [-0.05, 0) is 53.6 Å². The van der Waals surface area contributed by atoms with Gasteiger partial charge in [-0.2, -0.15) is 13.2 Å². The van der Waals surface area contributed by atoms with Crippen molar-refractivity contribution in [2.45, 2.75) is 22.8 Å². The van der Waals surface area contributed by atoms with Crippen molar-refractivity contribution in [2.24, 2.45) is 5.92 Å². The lowest BCUT2D eigenvalue weighted by molar-refractivity contribution is -0.137. The van der Waals surface area contributed by atoms with E-state index in [0.29, 0.717) is 5.56 Å². The van der Waals surface area contributed by atoms with Crippen molar-refractivity contribution >= 4 is 69.5 Å². The van der Waals surface area contributed by atoms with Gasteiger partial charge in [-0.1, -0.05) is 29.3 Å². The molecule has 0 radical (unpaired) electrons. The zero-order valence-corrected chi connectivity index (χ0v) is 21.8. The molecule has 0 aliphatic heterocycles. The van der Waals surface area contributed by atoms with Crippen LogP contribution in [0.4, 0.5) is 33.3 Å². The van der Waals surface area contributed by atoms with Gasteiger partial charge in [0, 0.05) is 17.4 Å². The molecule has 2 unspecified atom stereocenters. The SMILES string of the molecule is Nc1c(F)ccc(NC(=O)c2cc(CC(=O)C3C(c4cc(Cl)cc(C(F)(F)F)c4)C3(Cl)Cl)ccc2Cl)c1F. The van der Waals surface area contributed by atoms with Gasteiger partial charge >= 0.3 is 6.18 Å². The number of ketones is 1. The second-order valence-corrected chi connectivity index (χ2v) is 10.9. The number of nitrogens with two attached hydrogens (primary N) is 1. The van der Waals surface area contributed by atoms with Crippen LogP contribution in [0.1, 0.15) is 33.0 Å². The number of amides is 1. The molecule has 2 atom stereocenters. The number of rotatable bonds is 6. The fourth-order valence-electron chi connectivity index (χ4n) is 4.12. The topological polar surface area (TPSA) is 72.2 Å². The van der Waals surface area contributed by atoms with E-state index in [0.717, 1.165) is 24.3 Å². The third-order valence-corrected chi connectivity index (χ3v) is 7.52. The molecule has 38 heavy (non-hydrogen) atoms. The van der Waals surface area contributed by atoms with Crippen LogP contribution in [-0.4, -0.2) is 16.0 Å². The van der Waals surface area contributed by atoms with Gasteiger partial charge in [0.05, 0.1) is 27.8 Å². The average Bonchev–Trinajstić information content (AvgIpc) is 3.41. The fraction of sp³-hybridized carbons (Fsp3) is 0.200. The monoisotopic (exact) mass is 610 g/mol. The lowest BCUT2D eigenvalue weighted by Crippen LogP contribution is -2.16. The molecule has 3 N–H and O–H groups in total. The smallest absolute Gasteiger partial charge is 0.394 e. The van der Waals surface area contributed by atoms with Crippen LogP contribution < -0.4 is 11.1 Å². The number of nitrogen functional groups attached to an aromatic ring is 1. The van der Waals surface area contributed by atoms with Crippen LogP contribution in [0.25, 0.3) is 0 Å². The highest BCUT2D eigenvalue weighted by Gasteiger charge is 2.67. The second kappa shape index (κ2) is 10.2. The molecule has 0 saturated heterocycles. The Labute approximate surface area is 232 Å². The summed E-state index contributed by atoms with van der Waals surface area (Å²) in [6.07, 6.45) is -4.96. The minimum Gasteiger partial charge on any atom is -0.394 e. The van der Waals surface area contributed by atoms with E-state index in [4.69, 9.17) is 52.1 Å². The first kappa shape index (κ1) is 28.4. The van der Waals surface area contributed by atoms with Crippen molar-refractivity contribution in [1.82, 2.24) is 0 Å². The zero-order chi connectivity index (χ0) is 28.2. The molecule has 0 spiro atoms. The number of alkyl halides is 5. The molecule has 200 valence electrons. The summed E-state index contributed by atoms with van der Waals surface area (Å²) in [5.74, 6) is -5.52. The number of hydrogen-bond acceptors (Lipinski definition) is 3. The predicted octanol–water partition coefficient (Wildman–Crippen LogP) is 7.82. The van der Waals surface area contributed by atoms with E-state index in [1.165, 1.54) is 24.3 Å². The van der Waals surface area contributed by atoms with Crippen LogP contribution in [0.3, 0.4) is 0 Å². The molecule has 4 rings (SSSR count). The lowest BCUT2D eigenvalue weighted by atomic mass is 10.00. The number of carbonyl (C=O) groups is 2. The maximum absolute atomic E-state index is 14.2. The minimum absolute atomic E-state index is 0.0267. The maximum atomic E-state index is 14.2. The molecule has 13 heteroatoms. The molecule has 1 aliphatic carbocycles. The van der Waals surface area contributed by atoms with Crippen LogP contribution in [0.2, 0.25) is 10.0 Å². The number of halogens is 9. The van der Waals surface area contributed by atoms with Crippen molar-refractivity contribution in [3.8, 4) is 0 Å². The zero-order valence-electron chi connectivity index (χ0n) is 18.8. The van der Waals surface area contributed by atoms with Crippen molar-refractivity contribution in [2.75, 3.05) is 11.1 Å². The number of carbonyl (C=O) groups excluding carboxylic acids is 2. The third-order valence-electron chi connectivity index (χ3n) is 6.04. The van der Waals surface area contributed by atoms with E-state index >= 15 is 0 Å². The Kier molecular flexibility index (Phi) is 7.62. The maximum Gasteiger partial charge on any atom is 0.416 e. The van der Waals surface area contributed by atoms with Crippen molar-refractivity contribution in [1.29, 1.82) is 0 Å². The number of benzene rings is 3. The highest BCUT2D eigenvalue weighted by molar-refractivity contribution is 6.53. The van der Waals surface area contributed by atoms with Gasteiger partial charge in [0.15, 0.2) is 5.82 Å². The Balaban J connectivity index is 1.54. The summed E-state index contributed by atoms with van der Waals surface area (Å²) in [4.78, 5) is 25.8. The van der Waals surface area contributed by atoms with Crippen LogP contribution >= 0.6 is 46.4 Å². The molecule has 0 bridgehead atoms. The Morgan fingerprint density at radius 3 is 2.34 bits per heavy atom. The highest BCUT2D eigenvalue weighted by atomic mass is 35.5. The standard InChI is InChI=1S/C25H15Cl4F5N2O2/c26-13-8-11(7-12(9-13)25(32,33)34)19-20(24(19,28)29)18(37)6-10-1-2-15(27)14(5-10)23(38)36-17-4-3-16(30)22(35)21(17)31/h1-5,7-9,19-20H,6,35H2,(H,36,38). The molecule has 1 aliphatic rings. The lowest BCUT2D eigenvalue weighted by Gasteiger charge is -2.11. The number of Topliss-reactive ketones (excluding diaryl/α,β-unsaturated/α-hetero) is 1. The van der Waals surface area contributed by atoms with Crippen molar-refractivity contribution in [3.05, 3.63) is 92.5 Å². The largest absolute Gasteiger partial charge is 0.416 e. The summed E-state index contributed by atoms with van der Waals surface area (Å²) in [6.45, 7) is 0. The molecule has 1 fully saturated rings. The summed E-state index contributed by atoms with van der Waals surface area (Å²) >= 11 is 24.5. The third kappa shape index (κ3) is 5.57. The predicted molar refractivity (Wildman–Crippen MR) is 136 cm³/mol. The van der Waals surface area contributed by atoms with E-state index in [1.54, 1.807) is 0 Å². The van der Waals surface area contributed by atoms with E-state index in [9.17, 15) is 31.5 Å². The normalized spacial score (nSPS) is 18.2. The van der Waals surface area contributed by atoms with E-state index < -0.39 is 56.9 Å². The van der Waals surface area contributed by atoms with Gasteiger partial charge in [-0.3, -0.25) is 9.59 Å². The van der Waals surface area contributed by atoms with Gasteiger partial charge in [0.2, 0.25) is 0 Å². The number of hydrogen-bond donors (Lipinski definition) is 2. The fourth-order valence-corrected chi connectivity index (χ4v) is 5.44. The first-order valence-corrected chi connectivity index (χ1v) is 12.2. The summed E-state index contributed by atoms with van der Waals surface area (Å²) in [5, 5.41) is 2.02. The second-order valence-electron chi connectivity index (χ2n) is 8.63. The van der Waals surface area contributed by atoms with Crippen LogP contribution in [-0.2, 0) is 17.4 Å². The molecule has 0 aromatic heterocycles. The summed E-state index contributed by atoms with van der Waals surface area (Å²) in [5.41, 5.74) is 3.37. The Morgan fingerprint density at radius 2 is 1.68 bits per heavy atom. The molecule has 1 saturated carbocycles. The molecular weight excluding hydrogens is 597 g/mol. The first-order chi connectivity index (χ1) is 17.6. The Morgan fingerprint density at radius 1 is 1.00 bits per heavy atom. The quantitative estimate of drug-likeness (QED) is 0.170. The minimum atomic E-state index is -4.67. The molecule has 3 aromatic carbocycles. The van der Waals surface area contributed by atoms with Gasteiger partial charge in [-0.15, -0.1) is 23.2 Å². The molecular formula is C25H15Cl4F5N2O2. The van der Waals surface area contributed by atoms with Crippen molar-refractivity contribution < 1.29 is 31.5 Å². The number of nitrogens with one attached hydrogen (secondary N) is 1. The first-order valence-electron chi connectivity index (χ1n) is 10.7. The Bertz CT molecular complexity index is 1460. The van der Waals surface area contributed by atoms with E-state index in [2.05, 4.69) is 5.32 Å². The molecule has 3 aromatic rings. The van der Waals surface area contributed by atoms with Gasteiger partial charge in [0.25, 0.3) is 5.91 Å². The number of anilines is 2. The average molecular weight is 612 g/mol. The van der Waals surface area contributed by atoms with Crippen molar-refractivity contribution in [3.63, 3.8) is 0 Å². The van der Waals surface area contributed by atoms with Gasteiger partial charge < -0.3 is 11.1 Å². The van der Waals surface area contributed by atoms with E-state index in [1.807, 2.05) is 0 Å². The highest BCUT2D eigenvalue weighted by Crippen LogP contribution is 2.65. The van der Waals surface area contributed by atoms with Gasteiger partial charge in [0.1, 0.15) is 21.6 Å². The van der Waals surface area contributed by atoms with Crippen LogP contribution in [0.15, 0.2) is 48.5 Å².